The lowest BCUT2D eigenvalue weighted by atomic mass is 10.0. The molecule has 32 heavy (non-hydrogen) atoms. The Morgan fingerprint density at radius 3 is 2.78 bits per heavy atom. The van der Waals surface area contributed by atoms with E-state index in [1.54, 1.807) is 6.07 Å². The molecule has 1 saturated heterocycles. The van der Waals surface area contributed by atoms with E-state index in [1.165, 1.54) is 13.0 Å². The maximum atomic E-state index is 14.3. The molecule has 0 radical (unpaired) electrons. The van der Waals surface area contributed by atoms with Gasteiger partial charge in [-0.15, -0.1) is 0 Å². The van der Waals surface area contributed by atoms with Crippen LogP contribution in [0.4, 0.5) is 10.1 Å². The van der Waals surface area contributed by atoms with E-state index >= 15 is 0 Å². The van der Waals surface area contributed by atoms with Gasteiger partial charge in [0.05, 0.1) is 24.8 Å². The molecule has 7 heteroatoms. The number of halogens is 1. The van der Waals surface area contributed by atoms with Crippen LogP contribution < -0.4 is 20.3 Å². The molecule has 0 aliphatic carbocycles. The van der Waals surface area contributed by atoms with E-state index in [1.807, 2.05) is 49.1 Å². The molecule has 1 aliphatic heterocycles. The second-order valence-corrected chi connectivity index (χ2v) is 8.24. The molecule has 2 atom stereocenters. The van der Waals surface area contributed by atoms with Crippen LogP contribution in [-0.2, 0) is 9.59 Å². The van der Waals surface area contributed by atoms with Crippen molar-refractivity contribution in [3.8, 4) is 5.75 Å². The van der Waals surface area contributed by atoms with E-state index in [9.17, 15) is 14.0 Å². The molecule has 2 N–H and O–H groups in total. The SMILES string of the molecule is CCOc1ccccc1C(CC(=O)NC1CCCN(c2cc(C)ccc2F)C1)NC(C)=O. The molecule has 0 bridgehead atoms. The van der Waals surface area contributed by atoms with Gasteiger partial charge in [0.1, 0.15) is 11.6 Å². The van der Waals surface area contributed by atoms with Crippen LogP contribution in [0.1, 0.15) is 50.3 Å². The number of carbonyl (C=O) groups excluding carboxylic acids is 2. The van der Waals surface area contributed by atoms with Crippen molar-refractivity contribution in [1.82, 2.24) is 10.6 Å². The molecule has 1 aliphatic rings. The zero-order chi connectivity index (χ0) is 23.1. The van der Waals surface area contributed by atoms with Crippen LogP contribution in [0.3, 0.4) is 0 Å². The van der Waals surface area contributed by atoms with Crippen LogP contribution in [-0.4, -0.2) is 37.6 Å². The van der Waals surface area contributed by atoms with Crippen molar-refractivity contribution in [1.29, 1.82) is 0 Å². The predicted molar refractivity (Wildman–Crippen MR) is 123 cm³/mol. The third-order valence-corrected chi connectivity index (χ3v) is 5.59. The average Bonchev–Trinajstić information content (AvgIpc) is 2.75. The van der Waals surface area contributed by atoms with Crippen LogP contribution in [0.25, 0.3) is 0 Å². The fourth-order valence-electron chi connectivity index (χ4n) is 4.19. The molecule has 1 fully saturated rings. The van der Waals surface area contributed by atoms with Crippen LogP contribution in [0.15, 0.2) is 42.5 Å². The number of benzene rings is 2. The Morgan fingerprint density at radius 1 is 1.25 bits per heavy atom. The summed E-state index contributed by atoms with van der Waals surface area (Å²) in [6, 6.07) is 11.9. The van der Waals surface area contributed by atoms with Gasteiger partial charge in [0.25, 0.3) is 0 Å². The van der Waals surface area contributed by atoms with Gasteiger partial charge >= 0.3 is 0 Å². The van der Waals surface area contributed by atoms with Gasteiger partial charge in [-0.3, -0.25) is 9.59 Å². The van der Waals surface area contributed by atoms with Gasteiger partial charge in [-0.1, -0.05) is 24.3 Å². The van der Waals surface area contributed by atoms with Crippen molar-refractivity contribution >= 4 is 17.5 Å². The van der Waals surface area contributed by atoms with Gasteiger partial charge < -0.3 is 20.3 Å². The van der Waals surface area contributed by atoms with Gasteiger partial charge in [-0.2, -0.15) is 0 Å². The molecule has 0 aromatic heterocycles. The highest BCUT2D eigenvalue weighted by atomic mass is 19.1. The van der Waals surface area contributed by atoms with E-state index in [-0.39, 0.29) is 30.1 Å². The van der Waals surface area contributed by atoms with Gasteiger partial charge in [0.15, 0.2) is 0 Å². The quantitative estimate of drug-likeness (QED) is 0.652. The number of hydrogen-bond donors (Lipinski definition) is 2. The summed E-state index contributed by atoms with van der Waals surface area (Å²) in [5.74, 6) is 0.0284. The summed E-state index contributed by atoms with van der Waals surface area (Å²) in [5.41, 5.74) is 2.34. The summed E-state index contributed by atoms with van der Waals surface area (Å²) in [6.07, 6.45) is 1.79. The molecule has 6 nitrogen and oxygen atoms in total. The van der Waals surface area contributed by atoms with E-state index in [4.69, 9.17) is 4.74 Å². The van der Waals surface area contributed by atoms with E-state index in [2.05, 4.69) is 10.6 Å². The van der Waals surface area contributed by atoms with Gasteiger partial charge in [-0.05, 0) is 50.5 Å². The molecular formula is C25H32FN3O3. The predicted octanol–water partition coefficient (Wildman–Crippen LogP) is 3.89. The summed E-state index contributed by atoms with van der Waals surface area (Å²) in [6.45, 7) is 7.06. The van der Waals surface area contributed by atoms with Gasteiger partial charge in [-0.25, -0.2) is 4.39 Å². The number of para-hydroxylation sites is 1. The number of ether oxygens (including phenoxy) is 1. The summed E-state index contributed by atoms with van der Waals surface area (Å²) in [4.78, 5) is 26.7. The molecule has 2 aromatic rings. The van der Waals surface area contributed by atoms with Crippen LogP contribution >= 0.6 is 0 Å². The zero-order valence-electron chi connectivity index (χ0n) is 19.0. The lowest BCUT2D eigenvalue weighted by molar-refractivity contribution is -0.123. The molecule has 1 heterocycles. The summed E-state index contributed by atoms with van der Waals surface area (Å²) in [7, 11) is 0. The van der Waals surface area contributed by atoms with Crippen molar-refractivity contribution in [2.24, 2.45) is 0 Å². The number of hydrogen-bond acceptors (Lipinski definition) is 4. The van der Waals surface area contributed by atoms with Crippen molar-refractivity contribution < 1.29 is 18.7 Å². The largest absolute Gasteiger partial charge is 0.494 e. The number of amides is 2. The molecule has 172 valence electrons. The molecule has 2 aromatic carbocycles. The molecule has 0 saturated carbocycles. The minimum Gasteiger partial charge on any atom is -0.494 e. The number of piperidine rings is 1. The number of nitrogens with zero attached hydrogens (tertiary/aromatic N) is 1. The van der Waals surface area contributed by atoms with Gasteiger partial charge in [0.2, 0.25) is 11.8 Å². The molecule has 2 amide bonds. The third kappa shape index (κ3) is 6.22. The average molecular weight is 442 g/mol. The number of carbonyl (C=O) groups is 2. The molecule has 3 rings (SSSR count). The summed E-state index contributed by atoms with van der Waals surface area (Å²) < 4.78 is 20.0. The fraction of sp³-hybridized carbons (Fsp3) is 0.440. The Labute approximate surface area is 189 Å². The maximum absolute atomic E-state index is 14.3. The van der Waals surface area contributed by atoms with Gasteiger partial charge in [0, 0.05) is 31.6 Å². The smallest absolute Gasteiger partial charge is 0.222 e. The first-order valence-corrected chi connectivity index (χ1v) is 11.2. The highest BCUT2D eigenvalue weighted by Crippen LogP contribution is 2.28. The first kappa shape index (κ1) is 23.6. The van der Waals surface area contributed by atoms with Crippen LogP contribution in [0, 0.1) is 12.7 Å². The zero-order valence-corrected chi connectivity index (χ0v) is 19.0. The third-order valence-electron chi connectivity index (χ3n) is 5.59. The molecule has 0 spiro atoms. The Balaban J connectivity index is 1.68. The number of anilines is 1. The molecular weight excluding hydrogens is 409 g/mol. The second kappa shape index (κ2) is 11.0. The summed E-state index contributed by atoms with van der Waals surface area (Å²) in [5, 5.41) is 5.95. The van der Waals surface area contributed by atoms with Crippen molar-refractivity contribution in [2.75, 3.05) is 24.6 Å². The normalized spacial score (nSPS) is 16.9. The topological polar surface area (TPSA) is 70.7 Å². The van der Waals surface area contributed by atoms with Crippen molar-refractivity contribution in [2.45, 2.75) is 52.1 Å². The van der Waals surface area contributed by atoms with Crippen molar-refractivity contribution in [3.05, 3.63) is 59.4 Å². The highest BCUT2D eigenvalue weighted by Gasteiger charge is 2.26. The van der Waals surface area contributed by atoms with Crippen LogP contribution in [0.2, 0.25) is 0 Å². The minimum atomic E-state index is -0.496. The number of nitrogens with one attached hydrogen (secondary N) is 2. The fourth-order valence-corrected chi connectivity index (χ4v) is 4.19. The first-order valence-electron chi connectivity index (χ1n) is 11.2. The Bertz CT molecular complexity index is 950. The Morgan fingerprint density at radius 2 is 2.03 bits per heavy atom. The Hall–Kier alpha value is -3.09. The summed E-state index contributed by atoms with van der Waals surface area (Å²) >= 11 is 0. The van der Waals surface area contributed by atoms with E-state index in [0.29, 0.717) is 24.6 Å². The maximum Gasteiger partial charge on any atom is 0.222 e. The van der Waals surface area contributed by atoms with Crippen LogP contribution in [0.5, 0.6) is 5.75 Å². The van der Waals surface area contributed by atoms with E-state index in [0.717, 1.165) is 30.5 Å². The van der Waals surface area contributed by atoms with E-state index < -0.39 is 6.04 Å². The van der Waals surface area contributed by atoms with Crippen molar-refractivity contribution in [3.63, 3.8) is 0 Å². The monoisotopic (exact) mass is 441 g/mol. The Kier molecular flexibility index (Phi) is 8.09. The molecule has 2 unspecified atom stereocenters. The highest BCUT2D eigenvalue weighted by molar-refractivity contribution is 5.79. The standard InChI is InChI=1S/C25H32FN3O3/c1-4-32-24-10-6-5-9-20(24)22(27-18(3)30)15-25(31)28-19-8-7-13-29(16-19)23-14-17(2)11-12-21(23)26/h5-6,9-12,14,19,22H,4,7-8,13,15-16H2,1-3H3,(H,27,30)(H,28,31). The minimum absolute atomic E-state index is 0.0868. The first-order chi connectivity index (χ1) is 15.4. The second-order valence-electron chi connectivity index (χ2n) is 8.24. The lowest BCUT2D eigenvalue weighted by Crippen LogP contribution is -2.48. The number of aryl methyl sites for hydroxylation is 1. The lowest BCUT2D eigenvalue weighted by Gasteiger charge is -2.35. The number of rotatable bonds is 8.